The first-order valence-corrected chi connectivity index (χ1v) is 4.43. The highest BCUT2D eigenvalue weighted by Crippen LogP contribution is 2.31. The summed E-state index contributed by atoms with van der Waals surface area (Å²) >= 11 is 0. The zero-order chi connectivity index (χ0) is 9.84. The summed E-state index contributed by atoms with van der Waals surface area (Å²) in [5.74, 6) is -0.992. The van der Waals surface area contributed by atoms with Crippen LogP contribution in [0.1, 0.15) is 19.8 Å². The van der Waals surface area contributed by atoms with Gasteiger partial charge in [0.1, 0.15) is 0 Å². The molecule has 1 saturated carbocycles. The molecule has 72 valence electrons. The van der Waals surface area contributed by atoms with Crippen LogP contribution < -0.4 is 0 Å². The number of carbonyl (C=O) groups excluding carboxylic acids is 1. The van der Waals surface area contributed by atoms with Crippen molar-refractivity contribution in [2.24, 2.45) is 11.8 Å². The monoisotopic (exact) mass is 183 g/mol. The number of hydrogen-bond acceptors (Lipinski definition) is 4. The van der Waals surface area contributed by atoms with Crippen LogP contribution in [-0.2, 0) is 9.53 Å². The van der Waals surface area contributed by atoms with Crippen molar-refractivity contribution in [2.75, 3.05) is 6.61 Å². The first-order chi connectivity index (χ1) is 6.19. The van der Waals surface area contributed by atoms with Crippen molar-refractivity contribution >= 4 is 5.97 Å². The Kier molecular flexibility index (Phi) is 3.26. The Morgan fingerprint density at radius 2 is 2.38 bits per heavy atom. The lowest BCUT2D eigenvalue weighted by atomic mass is 10.1. The molecule has 1 rings (SSSR count). The fraction of sp³-hybridized carbons (Fsp3) is 0.778. The molecule has 4 nitrogen and oxygen atoms in total. The normalized spacial score (nSPS) is 32.5. The maximum Gasteiger partial charge on any atom is 0.309 e. The predicted molar refractivity (Wildman–Crippen MR) is 44.5 cm³/mol. The third-order valence-electron chi connectivity index (χ3n) is 2.31. The molecular weight excluding hydrogens is 170 g/mol. The molecule has 13 heavy (non-hydrogen) atoms. The molecule has 4 heteroatoms. The maximum absolute atomic E-state index is 11.2. The van der Waals surface area contributed by atoms with Gasteiger partial charge in [-0.15, -0.1) is 0 Å². The zero-order valence-corrected chi connectivity index (χ0v) is 7.56. The second-order valence-electron chi connectivity index (χ2n) is 3.22. The van der Waals surface area contributed by atoms with Gasteiger partial charge in [-0.2, -0.15) is 5.26 Å². The number of aliphatic hydroxyl groups excluding tert-OH is 1. The van der Waals surface area contributed by atoms with Crippen LogP contribution in [0.15, 0.2) is 0 Å². The molecule has 0 amide bonds. The maximum atomic E-state index is 11.2. The van der Waals surface area contributed by atoms with Crippen molar-refractivity contribution < 1.29 is 14.6 Å². The number of ether oxygens (including phenoxy) is 1. The molecule has 0 spiro atoms. The molecule has 0 aromatic heterocycles. The van der Waals surface area contributed by atoms with E-state index in [1.165, 1.54) is 0 Å². The topological polar surface area (TPSA) is 70.3 Å². The van der Waals surface area contributed by atoms with Crippen molar-refractivity contribution in [3.63, 3.8) is 0 Å². The van der Waals surface area contributed by atoms with Crippen LogP contribution in [0.3, 0.4) is 0 Å². The lowest BCUT2D eigenvalue weighted by molar-refractivity contribution is -0.148. The average molecular weight is 183 g/mol. The van der Waals surface area contributed by atoms with E-state index in [0.29, 0.717) is 19.4 Å². The van der Waals surface area contributed by atoms with Crippen LogP contribution in [0.4, 0.5) is 0 Å². The Labute approximate surface area is 77.1 Å². The highest BCUT2D eigenvalue weighted by atomic mass is 16.5. The molecule has 1 aliphatic rings. The second kappa shape index (κ2) is 4.24. The van der Waals surface area contributed by atoms with Gasteiger partial charge >= 0.3 is 5.97 Å². The molecule has 3 unspecified atom stereocenters. The molecule has 3 atom stereocenters. The summed E-state index contributed by atoms with van der Waals surface area (Å²) in [6.07, 6.45) is 0.118. The number of esters is 1. The lowest BCUT2D eigenvalue weighted by Gasteiger charge is -2.06. The van der Waals surface area contributed by atoms with Gasteiger partial charge in [-0.05, 0) is 19.8 Å². The Bertz CT molecular complexity index is 234. The van der Waals surface area contributed by atoms with Crippen molar-refractivity contribution in [3.8, 4) is 6.07 Å². The molecule has 0 bridgehead atoms. The van der Waals surface area contributed by atoms with Crippen LogP contribution in [-0.4, -0.2) is 23.8 Å². The number of carbonyl (C=O) groups is 1. The molecule has 1 aliphatic carbocycles. The SMILES string of the molecule is CCOC(=O)C1CC(O)C(C#N)C1. The molecule has 0 aliphatic heterocycles. The minimum absolute atomic E-state index is 0.292. The summed E-state index contributed by atoms with van der Waals surface area (Å²) in [7, 11) is 0. The van der Waals surface area contributed by atoms with Crippen LogP contribution in [0.5, 0.6) is 0 Å². The van der Waals surface area contributed by atoms with Gasteiger partial charge in [0.2, 0.25) is 0 Å². The van der Waals surface area contributed by atoms with E-state index < -0.39 is 12.0 Å². The molecular formula is C9H13NO3. The minimum atomic E-state index is -0.667. The predicted octanol–water partition coefficient (Wildman–Crippen LogP) is 0.460. The third-order valence-corrected chi connectivity index (χ3v) is 2.31. The van der Waals surface area contributed by atoms with E-state index in [1.807, 2.05) is 6.07 Å². The van der Waals surface area contributed by atoms with Gasteiger partial charge in [-0.3, -0.25) is 4.79 Å². The molecule has 0 aromatic rings. The smallest absolute Gasteiger partial charge is 0.309 e. The highest BCUT2D eigenvalue weighted by Gasteiger charge is 2.37. The van der Waals surface area contributed by atoms with Crippen molar-refractivity contribution in [1.29, 1.82) is 5.26 Å². The van der Waals surface area contributed by atoms with E-state index in [2.05, 4.69) is 0 Å². The first kappa shape index (κ1) is 10.0. The third kappa shape index (κ3) is 2.19. The van der Waals surface area contributed by atoms with Gasteiger partial charge in [-0.1, -0.05) is 0 Å². The number of nitrogens with zero attached hydrogens (tertiary/aromatic N) is 1. The Morgan fingerprint density at radius 1 is 1.69 bits per heavy atom. The van der Waals surface area contributed by atoms with Crippen molar-refractivity contribution in [2.45, 2.75) is 25.9 Å². The summed E-state index contributed by atoms with van der Waals surface area (Å²) in [5.41, 5.74) is 0. The molecule has 1 N–H and O–H groups in total. The largest absolute Gasteiger partial charge is 0.466 e. The fourth-order valence-electron chi connectivity index (χ4n) is 1.61. The van der Waals surface area contributed by atoms with E-state index in [9.17, 15) is 9.90 Å². The number of aliphatic hydroxyl groups is 1. The van der Waals surface area contributed by atoms with E-state index in [1.54, 1.807) is 6.92 Å². The lowest BCUT2D eigenvalue weighted by Crippen LogP contribution is -2.15. The second-order valence-corrected chi connectivity index (χ2v) is 3.22. The molecule has 0 aromatic carbocycles. The van der Waals surface area contributed by atoms with Gasteiger partial charge in [0.15, 0.2) is 0 Å². The van der Waals surface area contributed by atoms with Crippen LogP contribution >= 0.6 is 0 Å². The van der Waals surface area contributed by atoms with Crippen LogP contribution in [0, 0.1) is 23.2 Å². The molecule has 1 fully saturated rings. The standard InChI is InChI=1S/C9H13NO3/c1-2-13-9(12)6-3-7(5-10)8(11)4-6/h6-8,11H,2-4H2,1H3. The van der Waals surface area contributed by atoms with Gasteiger partial charge in [0.05, 0.1) is 30.6 Å². The number of nitriles is 1. The van der Waals surface area contributed by atoms with E-state index in [-0.39, 0.29) is 11.9 Å². The van der Waals surface area contributed by atoms with Crippen LogP contribution in [0.25, 0.3) is 0 Å². The van der Waals surface area contributed by atoms with Gasteiger partial charge in [0.25, 0.3) is 0 Å². The first-order valence-electron chi connectivity index (χ1n) is 4.43. The van der Waals surface area contributed by atoms with Crippen molar-refractivity contribution in [1.82, 2.24) is 0 Å². The fourth-order valence-corrected chi connectivity index (χ4v) is 1.61. The molecule has 0 heterocycles. The quantitative estimate of drug-likeness (QED) is 0.631. The number of rotatable bonds is 2. The van der Waals surface area contributed by atoms with Gasteiger partial charge < -0.3 is 9.84 Å². The van der Waals surface area contributed by atoms with E-state index in [0.717, 1.165) is 0 Å². The van der Waals surface area contributed by atoms with E-state index in [4.69, 9.17) is 10.00 Å². The van der Waals surface area contributed by atoms with Crippen molar-refractivity contribution in [3.05, 3.63) is 0 Å². The highest BCUT2D eigenvalue weighted by molar-refractivity contribution is 5.73. The minimum Gasteiger partial charge on any atom is -0.466 e. The summed E-state index contributed by atoms with van der Waals surface area (Å²) in [5, 5.41) is 17.9. The summed E-state index contributed by atoms with van der Waals surface area (Å²) < 4.78 is 4.81. The van der Waals surface area contributed by atoms with Crippen LogP contribution in [0.2, 0.25) is 0 Å². The molecule has 0 radical (unpaired) electrons. The summed E-state index contributed by atoms with van der Waals surface area (Å²) in [4.78, 5) is 11.2. The van der Waals surface area contributed by atoms with Gasteiger partial charge in [-0.25, -0.2) is 0 Å². The Balaban J connectivity index is 2.49. The van der Waals surface area contributed by atoms with Gasteiger partial charge in [0, 0.05) is 0 Å². The Hall–Kier alpha value is -1.08. The average Bonchev–Trinajstić information content (AvgIpc) is 2.47. The summed E-state index contributed by atoms with van der Waals surface area (Å²) in [6, 6.07) is 1.98. The zero-order valence-electron chi connectivity index (χ0n) is 7.56. The molecule has 0 saturated heterocycles. The van der Waals surface area contributed by atoms with E-state index >= 15 is 0 Å². The summed E-state index contributed by atoms with van der Waals surface area (Å²) in [6.45, 7) is 2.09. The number of hydrogen-bond donors (Lipinski definition) is 1. The Morgan fingerprint density at radius 3 is 2.85 bits per heavy atom.